The van der Waals surface area contributed by atoms with Crippen LogP contribution in [0.4, 0.5) is 8.78 Å². The van der Waals surface area contributed by atoms with Gasteiger partial charge in [-0.3, -0.25) is 4.79 Å². The Bertz CT molecular complexity index is 495. The largest absolute Gasteiger partial charge is 0.478 e. The van der Waals surface area contributed by atoms with Gasteiger partial charge in [-0.25, -0.2) is 4.79 Å². The third-order valence-electron chi connectivity index (χ3n) is 2.25. The fraction of sp³-hybridized carbons (Fsp3) is 0.167. The minimum atomic E-state index is -3.02. The maximum absolute atomic E-state index is 12.2. The Hall–Kier alpha value is -2.24. The highest BCUT2D eigenvalue weighted by Crippen LogP contribution is 2.27. The number of benzene rings is 1. The van der Waals surface area contributed by atoms with Crippen LogP contribution in [-0.2, 0) is 4.79 Å². The van der Waals surface area contributed by atoms with Crippen LogP contribution in [0, 0.1) is 6.92 Å². The van der Waals surface area contributed by atoms with E-state index in [1.54, 1.807) is 0 Å². The van der Waals surface area contributed by atoms with E-state index >= 15 is 0 Å². The molecule has 0 amide bonds. The van der Waals surface area contributed by atoms with Crippen molar-refractivity contribution in [2.75, 3.05) is 0 Å². The van der Waals surface area contributed by atoms with Crippen LogP contribution in [0.25, 0.3) is 6.08 Å². The van der Waals surface area contributed by atoms with Crippen LogP contribution < -0.4 is 4.74 Å². The number of alkyl halides is 2. The molecule has 0 saturated heterocycles. The number of carbonyl (C=O) groups excluding carboxylic acids is 1. The Morgan fingerprint density at radius 2 is 2.11 bits per heavy atom. The predicted octanol–water partition coefficient (Wildman–Crippen LogP) is 2.51. The highest BCUT2D eigenvalue weighted by atomic mass is 19.3. The maximum atomic E-state index is 12.2. The molecule has 0 bridgehead atoms. The normalized spacial score (nSPS) is 10.9. The molecule has 18 heavy (non-hydrogen) atoms. The average molecular weight is 256 g/mol. The molecule has 0 aliphatic rings. The van der Waals surface area contributed by atoms with Crippen molar-refractivity contribution >= 4 is 18.3 Å². The molecule has 0 radical (unpaired) electrons. The number of carboxylic acid groups (broad SMARTS) is 1. The van der Waals surface area contributed by atoms with Crippen molar-refractivity contribution in [3.8, 4) is 5.75 Å². The van der Waals surface area contributed by atoms with Gasteiger partial charge in [0, 0.05) is 17.2 Å². The number of ether oxygens (including phenoxy) is 1. The van der Waals surface area contributed by atoms with Crippen LogP contribution in [0.3, 0.4) is 0 Å². The van der Waals surface area contributed by atoms with Crippen LogP contribution >= 0.6 is 0 Å². The molecule has 0 unspecified atom stereocenters. The van der Waals surface area contributed by atoms with E-state index in [1.807, 2.05) is 0 Å². The van der Waals surface area contributed by atoms with E-state index in [4.69, 9.17) is 5.11 Å². The molecule has 0 aromatic heterocycles. The minimum absolute atomic E-state index is 0.141. The van der Waals surface area contributed by atoms with E-state index in [0.717, 1.165) is 12.2 Å². The van der Waals surface area contributed by atoms with Crippen molar-refractivity contribution in [2.45, 2.75) is 13.5 Å². The second-order valence-electron chi connectivity index (χ2n) is 3.36. The number of hydrogen-bond acceptors (Lipinski definition) is 3. The molecule has 1 N–H and O–H groups in total. The molecule has 1 rings (SSSR count). The van der Waals surface area contributed by atoms with Gasteiger partial charge in [-0.05, 0) is 30.7 Å². The number of hydrogen-bond donors (Lipinski definition) is 1. The quantitative estimate of drug-likeness (QED) is 0.649. The molecule has 0 spiro atoms. The second kappa shape index (κ2) is 5.90. The zero-order chi connectivity index (χ0) is 13.7. The number of aliphatic carboxylic acids is 1. The zero-order valence-corrected chi connectivity index (χ0v) is 9.39. The molecule has 0 fully saturated rings. The van der Waals surface area contributed by atoms with Crippen molar-refractivity contribution in [3.05, 3.63) is 34.9 Å². The Balaban J connectivity index is 3.29. The first-order valence-corrected chi connectivity index (χ1v) is 4.90. The summed E-state index contributed by atoms with van der Waals surface area (Å²) in [5.41, 5.74) is 0.796. The minimum Gasteiger partial charge on any atom is -0.478 e. The lowest BCUT2D eigenvalue weighted by Crippen LogP contribution is -2.05. The lowest BCUT2D eigenvalue weighted by molar-refractivity contribution is -0.131. The lowest BCUT2D eigenvalue weighted by Gasteiger charge is -2.11. The van der Waals surface area contributed by atoms with E-state index in [1.165, 1.54) is 19.1 Å². The predicted molar refractivity (Wildman–Crippen MR) is 59.9 cm³/mol. The molecule has 6 heteroatoms. The highest BCUT2D eigenvalue weighted by molar-refractivity contribution is 5.88. The Morgan fingerprint density at radius 1 is 1.44 bits per heavy atom. The first-order chi connectivity index (χ1) is 8.45. The molecule has 0 aliphatic carbocycles. The van der Waals surface area contributed by atoms with Gasteiger partial charge in [-0.1, -0.05) is 0 Å². The van der Waals surface area contributed by atoms with E-state index in [-0.39, 0.29) is 16.9 Å². The molecule has 4 nitrogen and oxygen atoms in total. The molecule has 0 aliphatic heterocycles. The standard InChI is InChI=1S/C12H10F2O4/c1-7-8(6-15)2-4-10(18-12(13)14)9(7)3-5-11(16)17/h2-6,12H,1H3,(H,16,17)/b5-3+. The first-order valence-electron chi connectivity index (χ1n) is 4.90. The SMILES string of the molecule is Cc1c(C=O)ccc(OC(F)F)c1/C=C/C(=O)O. The number of carboxylic acids is 1. The molecular formula is C12H10F2O4. The van der Waals surface area contributed by atoms with Crippen molar-refractivity contribution < 1.29 is 28.2 Å². The van der Waals surface area contributed by atoms with Crippen LogP contribution in [-0.4, -0.2) is 24.0 Å². The summed E-state index contributed by atoms with van der Waals surface area (Å²) >= 11 is 0. The molecule has 1 aromatic rings. The number of halogens is 2. The third-order valence-corrected chi connectivity index (χ3v) is 2.25. The maximum Gasteiger partial charge on any atom is 0.387 e. The van der Waals surface area contributed by atoms with E-state index in [0.29, 0.717) is 11.8 Å². The van der Waals surface area contributed by atoms with Crippen LogP contribution in [0.2, 0.25) is 0 Å². The average Bonchev–Trinajstić information content (AvgIpc) is 2.27. The van der Waals surface area contributed by atoms with Gasteiger partial charge in [-0.15, -0.1) is 0 Å². The molecule has 1 aromatic carbocycles. The van der Waals surface area contributed by atoms with Crippen LogP contribution in [0.15, 0.2) is 18.2 Å². The molecule has 0 saturated carbocycles. The Kier molecular flexibility index (Phi) is 4.53. The zero-order valence-electron chi connectivity index (χ0n) is 9.39. The summed E-state index contributed by atoms with van der Waals surface area (Å²) in [6.45, 7) is -1.51. The summed E-state index contributed by atoms with van der Waals surface area (Å²) in [5.74, 6) is -1.40. The molecular weight excluding hydrogens is 246 g/mol. The highest BCUT2D eigenvalue weighted by Gasteiger charge is 2.12. The monoisotopic (exact) mass is 256 g/mol. The summed E-state index contributed by atoms with van der Waals surface area (Å²) in [6, 6.07) is 2.53. The Labute approximate surface area is 101 Å². The van der Waals surface area contributed by atoms with Gasteiger partial charge < -0.3 is 9.84 Å². The smallest absolute Gasteiger partial charge is 0.387 e. The van der Waals surface area contributed by atoms with Crippen LogP contribution in [0.1, 0.15) is 21.5 Å². The van der Waals surface area contributed by atoms with Gasteiger partial charge in [0.05, 0.1) is 0 Å². The fourth-order valence-corrected chi connectivity index (χ4v) is 1.41. The van der Waals surface area contributed by atoms with E-state index < -0.39 is 12.6 Å². The van der Waals surface area contributed by atoms with Crippen molar-refractivity contribution in [1.82, 2.24) is 0 Å². The number of aldehydes is 1. The van der Waals surface area contributed by atoms with Gasteiger partial charge in [-0.2, -0.15) is 8.78 Å². The van der Waals surface area contributed by atoms with Crippen molar-refractivity contribution in [1.29, 1.82) is 0 Å². The summed E-state index contributed by atoms with van der Waals surface area (Å²) in [4.78, 5) is 21.1. The first kappa shape index (κ1) is 13.8. The van der Waals surface area contributed by atoms with Gasteiger partial charge >= 0.3 is 12.6 Å². The van der Waals surface area contributed by atoms with E-state index in [2.05, 4.69) is 4.74 Å². The second-order valence-corrected chi connectivity index (χ2v) is 3.36. The van der Waals surface area contributed by atoms with Gasteiger partial charge in [0.25, 0.3) is 0 Å². The molecule has 0 atom stereocenters. The van der Waals surface area contributed by atoms with E-state index in [9.17, 15) is 18.4 Å². The summed E-state index contributed by atoms with van der Waals surface area (Å²) in [6.07, 6.45) is 2.46. The Morgan fingerprint density at radius 3 is 2.61 bits per heavy atom. The molecule has 96 valence electrons. The van der Waals surface area contributed by atoms with Crippen molar-refractivity contribution in [3.63, 3.8) is 0 Å². The lowest BCUT2D eigenvalue weighted by atomic mass is 10.0. The summed E-state index contributed by atoms with van der Waals surface area (Å²) in [7, 11) is 0. The van der Waals surface area contributed by atoms with Gasteiger partial charge in [0.2, 0.25) is 0 Å². The van der Waals surface area contributed by atoms with Gasteiger partial charge in [0.15, 0.2) is 0 Å². The van der Waals surface area contributed by atoms with Crippen molar-refractivity contribution in [2.24, 2.45) is 0 Å². The number of carbonyl (C=O) groups is 2. The summed E-state index contributed by atoms with van der Waals surface area (Å²) in [5, 5.41) is 8.52. The fourth-order valence-electron chi connectivity index (χ4n) is 1.41. The summed E-state index contributed by atoms with van der Waals surface area (Å²) < 4.78 is 28.6. The van der Waals surface area contributed by atoms with Gasteiger partial charge in [0.1, 0.15) is 12.0 Å². The molecule has 0 heterocycles. The third kappa shape index (κ3) is 3.38. The topological polar surface area (TPSA) is 63.6 Å². The number of rotatable bonds is 5. The van der Waals surface area contributed by atoms with Crippen LogP contribution in [0.5, 0.6) is 5.75 Å².